The molecular formula is C18H19Cl2N3O2. The van der Waals surface area contributed by atoms with E-state index in [0.717, 1.165) is 18.5 Å². The summed E-state index contributed by atoms with van der Waals surface area (Å²) in [6, 6.07) is 6.28. The lowest BCUT2D eigenvalue weighted by atomic mass is 10.0. The molecule has 1 fully saturated rings. The van der Waals surface area contributed by atoms with E-state index in [2.05, 4.69) is 10.3 Å². The van der Waals surface area contributed by atoms with Crippen LogP contribution in [-0.4, -0.2) is 22.0 Å². The first kappa shape index (κ1) is 18.0. The Labute approximate surface area is 156 Å². The normalized spacial score (nSPS) is 14.6. The van der Waals surface area contributed by atoms with Crippen molar-refractivity contribution in [2.24, 2.45) is 0 Å². The number of rotatable bonds is 5. The van der Waals surface area contributed by atoms with Gasteiger partial charge < -0.3 is 5.32 Å². The molecule has 132 valence electrons. The van der Waals surface area contributed by atoms with Crippen molar-refractivity contribution in [3.05, 3.63) is 62.2 Å². The summed E-state index contributed by atoms with van der Waals surface area (Å²) < 4.78 is 1.50. The second-order valence-electron chi connectivity index (χ2n) is 6.24. The van der Waals surface area contributed by atoms with Gasteiger partial charge in [-0.2, -0.15) is 0 Å². The van der Waals surface area contributed by atoms with Gasteiger partial charge in [-0.1, -0.05) is 36.0 Å². The van der Waals surface area contributed by atoms with Gasteiger partial charge in [0.1, 0.15) is 0 Å². The van der Waals surface area contributed by atoms with Crippen molar-refractivity contribution in [2.75, 3.05) is 6.54 Å². The van der Waals surface area contributed by atoms with Crippen LogP contribution in [0.3, 0.4) is 0 Å². The van der Waals surface area contributed by atoms with Crippen molar-refractivity contribution in [1.29, 1.82) is 0 Å². The van der Waals surface area contributed by atoms with Crippen molar-refractivity contribution in [3.8, 4) is 0 Å². The van der Waals surface area contributed by atoms with Crippen LogP contribution >= 0.6 is 23.2 Å². The van der Waals surface area contributed by atoms with Gasteiger partial charge >= 0.3 is 0 Å². The molecule has 0 unspecified atom stereocenters. The average molecular weight is 380 g/mol. The molecular weight excluding hydrogens is 361 g/mol. The Hall–Kier alpha value is -1.85. The Bertz CT molecular complexity index is 809. The molecule has 3 rings (SSSR count). The molecule has 0 atom stereocenters. The third kappa shape index (κ3) is 4.61. The Kier molecular flexibility index (Phi) is 5.76. The summed E-state index contributed by atoms with van der Waals surface area (Å²) >= 11 is 11.8. The van der Waals surface area contributed by atoms with Crippen LogP contribution in [-0.2, 0) is 6.54 Å². The molecule has 2 aromatic rings. The van der Waals surface area contributed by atoms with Crippen LogP contribution in [0.2, 0.25) is 10.0 Å². The van der Waals surface area contributed by atoms with E-state index < -0.39 is 0 Å². The lowest BCUT2D eigenvalue weighted by molar-refractivity contribution is 0.0952. The molecule has 1 saturated carbocycles. The summed E-state index contributed by atoms with van der Waals surface area (Å²) in [7, 11) is 0. The monoisotopic (exact) mass is 379 g/mol. The summed E-state index contributed by atoms with van der Waals surface area (Å²) in [5.74, 6) is 0.127. The molecule has 7 heteroatoms. The van der Waals surface area contributed by atoms with E-state index in [4.69, 9.17) is 23.2 Å². The van der Waals surface area contributed by atoms with Gasteiger partial charge in [0.2, 0.25) is 0 Å². The molecule has 1 aromatic carbocycles. The molecule has 0 aliphatic heterocycles. The summed E-state index contributed by atoms with van der Waals surface area (Å²) in [6.07, 6.45) is 6.19. The molecule has 25 heavy (non-hydrogen) atoms. The molecule has 1 amide bonds. The lowest BCUT2D eigenvalue weighted by Crippen LogP contribution is -2.31. The zero-order valence-corrected chi connectivity index (χ0v) is 15.2. The fraction of sp³-hybridized carbons (Fsp3) is 0.389. The quantitative estimate of drug-likeness (QED) is 0.862. The predicted molar refractivity (Wildman–Crippen MR) is 98.5 cm³/mol. The first-order chi connectivity index (χ1) is 12.0. The summed E-state index contributed by atoms with van der Waals surface area (Å²) in [5, 5.41) is 3.56. The van der Waals surface area contributed by atoms with Gasteiger partial charge in [0, 0.05) is 40.7 Å². The number of halogens is 2. The van der Waals surface area contributed by atoms with E-state index in [-0.39, 0.29) is 11.5 Å². The fourth-order valence-corrected chi connectivity index (χ4v) is 3.66. The van der Waals surface area contributed by atoms with Gasteiger partial charge in [0.25, 0.3) is 11.5 Å². The summed E-state index contributed by atoms with van der Waals surface area (Å²) in [6.45, 7) is 0.671. The third-order valence-electron chi connectivity index (χ3n) is 4.44. The van der Waals surface area contributed by atoms with Crippen LogP contribution < -0.4 is 10.9 Å². The molecule has 0 spiro atoms. The van der Waals surface area contributed by atoms with Gasteiger partial charge in [-0.15, -0.1) is 0 Å². The minimum absolute atomic E-state index is 0.0862. The second kappa shape index (κ2) is 8.02. The number of nitrogens with zero attached hydrogens (tertiary/aromatic N) is 2. The van der Waals surface area contributed by atoms with Crippen molar-refractivity contribution < 1.29 is 4.79 Å². The Morgan fingerprint density at radius 2 is 1.84 bits per heavy atom. The van der Waals surface area contributed by atoms with E-state index in [0.29, 0.717) is 34.6 Å². The topological polar surface area (TPSA) is 64.0 Å². The van der Waals surface area contributed by atoms with Crippen LogP contribution in [0.1, 0.15) is 47.7 Å². The van der Waals surface area contributed by atoms with Crippen LogP contribution in [0.5, 0.6) is 0 Å². The van der Waals surface area contributed by atoms with E-state index in [1.54, 1.807) is 30.6 Å². The number of nitrogens with one attached hydrogen (secondary N) is 1. The van der Waals surface area contributed by atoms with E-state index >= 15 is 0 Å². The number of aromatic nitrogens is 2. The van der Waals surface area contributed by atoms with Crippen molar-refractivity contribution >= 4 is 29.1 Å². The standard InChI is InChI=1S/C18H19Cl2N3O2/c19-14-7-13(8-15(20)9-14)18(25)21-5-6-23-11-22-16(10-17(23)24)12-3-1-2-4-12/h7-12H,1-6H2,(H,21,25). The van der Waals surface area contributed by atoms with E-state index in [1.807, 2.05) is 0 Å². The number of carbonyl (C=O) groups is 1. The highest BCUT2D eigenvalue weighted by Crippen LogP contribution is 2.32. The smallest absolute Gasteiger partial charge is 0.253 e. The predicted octanol–water partition coefficient (Wildman–Crippen LogP) is 3.64. The molecule has 5 nitrogen and oxygen atoms in total. The maximum Gasteiger partial charge on any atom is 0.253 e. The maximum absolute atomic E-state index is 12.2. The highest BCUT2D eigenvalue weighted by atomic mass is 35.5. The zero-order chi connectivity index (χ0) is 17.8. The highest BCUT2D eigenvalue weighted by molar-refractivity contribution is 6.35. The van der Waals surface area contributed by atoms with Crippen molar-refractivity contribution in [2.45, 2.75) is 38.1 Å². The highest BCUT2D eigenvalue weighted by Gasteiger charge is 2.18. The van der Waals surface area contributed by atoms with Crippen LogP contribution in [0.15, 0.2) is 35.4 Å². The van der Waals surface area contributed by atoms with Crippen LogP contribution in [0.25, 0.3) is 0 Å². The van der Waals surface area contributed by atoms with Crippen molar-refractivity contribution in [1.82, 2.24) is 14.9 Å². The molecule has 1 aliphatic rings. The SMILES string of the molecule is O=C(NCCn1cnc(C2CCCC2)cc1=O)c1cc(Cl)cc(Cl)c1. The molecule has 1 aromatic heterocycles. The minimum Gasteiger partial charge on any atom is -0.350 e. The maximum atomic E-state index is 12.2. The number of amides is 1. The van der Waals surface area contributed by atoms with Gasteiger partial charge in [0.15, 0.2) is 0 Å². The number of hydrogen-bond acceptors (Lipinski definition) is 3. The van der Waals surface area contributed by atoms with Crippen LogP contribution in [0, 0.1) is 0 Å². The zero-order valence-electron chi connectivity index (χ0n) is 13.7. The Morgan fingerprint density at radius 3 is 2.48 bits per heavy atom. The van der Waals surface area contributed by atoms with Gasteiger partial charge in [0.05, 0.1) is 12.0 Å². The number of carbonyl (C=O) groups excluding carboxylic acids is 1. The molecule has 1 heterocycles. The summed E-state index contributed by atoms with van der Waals surface area (Å²) in [5.41, 5.74) is 1.19. The third-order valence-corrected chi connectivity index (χ3v) is 4.87. The van der Waals surface area contributed by atoms with E-state index in [9.17, 15) is 9.59 Å². The largest absolute Gasteiger partial charge is 0.350 e. The van der Waals surface area contributed by atoms with E-state index in [1.165, 1.54) is 17.4 Å². The molecule has 1 aliphatic carbocycles. The molecule has 0 radical (unpaired) electrons. The average Bonchev–Trinajstić information content (AvgIpc) is 3.09. The number of hydrogen-bond donors (Lipinski definition) is 1. The van der Waals surface area contributed by atoms with Crippen molar-refractivity contribution in [3.63, 3.8) is 0 Å². The molecule has 0 saturated heterocycles. The van der Waals surface area contributed by atoms with Crippen LogP contribution in [0.4, 0.5) is 0 Å². The first-order valence-electron chi connectivity index (χ1n) is 8.33. The number of benzene rings is 1. The summed E-state index contributed by atoms with van der Waals surface area (Å²) in [4.78, 5) is 28.7. The lowest BCUT2D eigenvalue weighted by Gasteiger charge is -2.11. The first-order valence-corrected chi connectivity index (χ1v) is 9.09. The van der Waals surface area contributed by atoms with Gasteiger partial charge in [-0.3, -0.25) is 14.2 Å². The molecule has 1 N–H and O–H groups in total. The molecule has 0 bridgehead atoms. The van der Waals surface area contributed by atoms with Gasteiger partial charge in [-0.05, 0) is 31.0 Å². The Balaban J connectivity index is 1.58. The van der Waals surface area contributed by atoms with Gasteiger partial charge in [-0.25, -0.2) is 4.98 Å². The fourth-order valence-electron chi connectivity index (χ4n) is 3.13. The Morgan fingerprint density at radius 1 is 1.16 bits per heavy atom. The minimum atomic E-state index is -0.284. The second-order valence-corrected chi connectivity index (χ2v) is 7.11.